The number of aromatic nitrogens is 1. The second-order valence-corrected chi connectivity index (χ2v) is 10.9. The fourth-order valence-corrected chi connectivity index (χ4v) is 5.90. The van der Waals surface area contributed by atoms with Crippen LogP contribution in [-0.2, 0) is 9.63 Å². The zero-order valence-corrected chi connectivity index (χ0v) is 23.5. The number of halogens is 1. The van der Waals surface area contributed by atoms with Crippen LogP contribution in [0.2, 0.25) is 0 Å². The quantitative estimate of drug-likeness (QED) is 0.235. The summed E-state index contributed by atoms with van der Waals surface area (Å²) in [6.45, 7) is 9.44. The average molecular weight is 570 g/mol. The fourth-order valence-electron chi connectivity index (χ4n) is 5.74. The van der Waals surface area contributed by atoms with Crippen LogP contribution in [0.3, 0.4) is 0 Å². The SMILES string of the molecule is C=Cc1cnc(OC)c(C2CCCC(CC3=NC4=C(C(=O)NOCCBr)C=NCC4C(C)C=C3)C2C)c1. The van der Waals surface area contributed by atoms with E-state index in [0.29, 0.717) is 47.7 Å². The number of methoxy groups -OCH3 is 1. The van der Waals surface area contributed by atoms with Gasteiger partial charge in [-0.25, -0.2) is 10.5 Å². The number of rotatable bonds is 9. The number of hydrogen-bond acceptors (Lipinski definition) is 6. The minimum Gasteiger partial charge on any atom is -0.481 e. The molecule has 7 nitrogen and oxygen atoms in total. The van der Waals surface area contributed by atoms with Crippen LogP contribution in [0.1, 0.15) is 56.6 Å². The molecule has 1 aliphatic carbocycles. The van der Waals surface area contributed by atoms with Crippen LogP contribution in [0.4, 0.5) is 0 Å². The van der Waals surface area contributed by atoms with E-state index in [1.165, 1.54) is 0 Å². The average Bonchev–Trinajstić information content (AvgIpc) is 3.08. The molecule has 0 saturated heterocycles. The lowest BCUT2D eigenvalue weighted by molar-refractivity contribution is -0.128. The normalized spacial score (nSPS) is 27.2. The first-order chi connectivity index (χ1) is 18.0. The third kappa shape index (κ3) is 6.29. The summed E-state index contributed by atoms with van der Waals surface area (Å²) in [5.74, 6) is 1.96. The Morgan fingerprint density at radius 2 is 2.14 bits per heavy atom. The number of nitrogens with one attached hydrogen (secondary N) is 1. The number of carbonyl (C=O) groups is 1. The standard InChI is InChI=1S/C29H37BrN4O3/c1-5-20-13-24(29(36-4)32-15-20)23-8-6-7-21(19(23)3)14-22-10-9-18(2)25-16-31-17-26(27(25)33-22)28(35)34-37-12-11-30/h5,9-10,13,15,17-19,21,23,25H,1,6-8,11-12,14,16H2,2-4H3,(H,34,35). The molecule has 8 heteroatoms. The number of hydrogen-bond donors (Lipinski definition) is 1. The largest absolute Gasteiger partial charge is 0.481 e. The van der Waals surface area contributed by atoms with Gasteiger partial charge in [-0.1, -0.05) is 54.9 Å². The summed E-state index contributed by atoms with van der Waals surface area (Å²) >= 11 is 3.30. The zero-order chi connectivity index (χ0) is 26.4. The van der Waals surface area contributed by atoms with E-state index in [4.69, 9.17) is 14.6 Å². The summed E-state index contributed by atoms with van der Waals surface area (Å²) < 4.78 is 5.64. The Balaban J connectivity index is 1.60. The van der Waals surface area contributed by atoms with E-state index in [9.17, 15) is 4.79 Å². The number of carbonyl (C=O) groups excluding carboxylic acids is 1. The maximum Gasteiger partial charge on any atom is 0.278 e. The number of fused-ring (bicyclic) bond motifs is 1. The zero-order valence-electron chi connectivity index (χ0n) is 22.0. The molecule has 2 aliphatic heterocycles. The van der Waals surface area contributed by atoms with Crippen LogP contribution in [-0.4, -0.2) is 48.4 Å². The van der Waals surface area contributed by atoms with E-state index in [2.05, 4.69) is 70.0 Å². The predicted octanol–water partition coefficient (Wildman–Crippen LogP) is 5.69. The van der Waals surface area contributed by atoms with Gasteiger partial charge in [-0.15, -0.1) is 0 Å². The molecule has 0 bridgehead atoms. The maximum absolute atomic E-state index is 12.9. The minimum absolute atomic E-state index is 0.0733. The van der Waals surface area contributed by atoms with Crippen molar-refractivity contribution in [2.75, 3.05) is 25.6 Å². The predicted molar refractivity (Wildman–Crippen MR) is 152 cm³/mol. The van der Waals surface area contributed by atoms with Gasteiger partial charge >= 0.3 is 0 Å². The molecule has 1 amide bonds. The molecule has 5 atom stereocenters. The van der Waals surface area contributed by atoms with E-state index in [0.717, 1.165) is 48.2 Å². The molecule has 0 aromatic carbocycles. The summed E-state index contributed by atoms with van der Waals surface area (Å²) in [5, 5.41) is 0.638. The number of ether oxygens (including phenoxy) is 1. The molecule has 198 valence electrons. The highest BCUT2D eigenvalue weighted by molar-refractivity contribution is 9.09. The summed E-state index contributed by atoms with van der Waals surface area (Å²) in [7, 11) is 1.69. The second kappa shape index (κ2) is 12.8. The number of nitrogens with zero attached hydrogens (tertiary/aromatic N) is 3. The molecule has 3 heterocycles. The lowest BCUT2D eigenvalue weighted by atomic mass is 9.68. The Hall–Kier alpha value is -2.58. The maximum atomic E-state index is 12.9. The van der Waals surface area contributed by atoms with Crippen molar-refractivity contribution in [1.82, 2.24) is 10.5 Å². The van der Waals surface area contributed by atoms with Gasteiger partial charge in [-0.2, -0.15) is 0 Å². The third-order valence-electron chi connectivity index (χ3n) is 7.90. The van der Waals surface area contributed by atoms with E-state index < -0.39 is 0 Å². The first-order valence-corrected chi connectivity index (χ1v) is 14.2. The molecular weight excluding hydrogens is 532 g/mol. The molecule has 1 fully saturated rings. The Morgan fingerprint density at radius 1 is 1.30 bits per heavy atom. The van der Waals surface area contributed by atoms with Crippen molar-refractivity contribution in [3.05, 3.63) is 53.4 Å². The lowest BCUT2D eigenvalue weighted by Crippen LogP contribution is -2.31. The molecule has 37 heavy (non-hydrogen) atoms. The lowest BCUT2D eigenvalue weighted by Gasteiger charge is -2.37. The van der Waals surface area contributed by atoms with Crippen molar-refractivity contribution in [3.63, 3.8) is 0 Å². The highest BCUT2D eigenvalue weighted by Gasteiger charge is 2.35. The van der Waals surface area contributed by atoms with Gasteiger partial charge in [0.2, 0.25) is 5.88 Å². The van der Waals surface area contributed by atoms with Gasteiger partial charge in [0.1, 0.15) is 0 Å². The van der Waals surface area contributed by atoms with Gasteiger partial charge in [-0.3, -0.25) is 19.6 Å². The molecule has 5 unspecified atom stereocenters. The summed E-state index contributed by atoms with van der Waals surface area (Å²) in [4.78, 5) is 32.3. The first kappa shape index (κ1) is 27.5. The highest BCUT2D eigenvalue weighted by atomic mass is 79.9. The van der Waals surface area contributed by atoms with Gasteiger partial charge in [0, 0.05) is 41.5 Å². The van der Waals surface area contributed by atoms with E-state index in [1.54, 1.807) is 13.3 Å². The smallest absolute Gasteiger partial charge is 0.278 e. The van der Waals surface area contributed by atoms with Gasteiger partial charge in [0.25, 0.3) is 5.91 Å². The number of pyridine rings is 1. The van der Waals surface area contributed by atoms with Crippen molar-refractivity contribution < 1.29 is 14.4 Å². The molecule has 1 aromatic rings. The number of dihydropyridines is 1. The summed E-state index contributed by atoms with van der Waals surface area (Å²) in [6.07, 6.45) is 13.9. The van der Waals surface area contributed by atoms with Crippen LogP contribution in [0.15, 0.2) is 52.2 Å². The number of allylic oxidation sites excluding steroid dienone is 2. The molecule has 3 aliphatic rings. The Morgan fingerprint density at radius 3 is 2.89 bits per heavy atom. The minimum atomic E-state index is -0.297. The van der Waals surface area contributed by atoms with Gasteiger partial charge < -0.3 is 4.74 Å². The fraction of sp³-hybridized carbons (Fsp3) is 0.517. The van der Waals surface area contributed by atoms with Crippen LogP contribution in [0.5, 0.6) is 5.88 Å². The second-order valence-electron chi connectivity index (χ2n) is 10.1. The summed E-state index contributed by atoms with van der Waals surface area (Å²) in [5.41, 5.74) is 7.04. The van der Waals surface area contributed by atoms with Crippen molar-refractivity contribution in [1.29, 1.82) is 0 Å². The third-order valence-corrected chi connectivity index (χ3v) is 8.22. The molecule has 0 radical (unpaired) electrons. The van der Waals surface area contributed by atoms with Gasteiger partial charge in [0.05, 0.1) is 25.0 Å². The number of hydroxylamine groups is 1. The van der Waals surface area contributed by atoms with Crippen molar-refractivity contribution >= 4 is 39.8 Å². The number of alkyl halides is 1. The monoisotopic (exact) mass is 568 g/mol. The van der Waals surface area contributed by atoms with E-state index >= 15 is 0 Å². The highest BCUT2D eigenvalue weighted by Crippen LogP contribution is 2.45. The molecule has 0 spiro atoms. The van der Waals surface area contributed by atoms with Crippen molar-refractivity contribution in [3.8, 4) is 5.88 Å². The van der Waals surface area contributed by atoms with Crippen molar-refractivity contribution in [2.24, 2.45) is 33.7 Å². The molecular formula is C29H37BrN4O3. The first-order valence-electron chi connectivity index (χ1n) is 13.1. The molecule has 4 rings (SSSR count). The van der Waals surface area contributed by atoms with Crippen LogP contribution in [0.25, 0.3) is 6.08 Å². The Bertz CT molecular complexity index is 1130. The molecule has 1 aromatic heterocycles. The Labute approximate surface area is 228 Å². The van der Waals surface area contributed by atoms with E-state index in [1.807, 2.05) is 12.3 Å². The molecule has 1 saturated carbocycles. The number of amides is 1. The van der Waals surface area contributed by atoms with Gasteiger partial charge in [0.15, 0.2) is 0 Å². The Kier molecular flexibility index (Phi) is 9.49. The number of aliphatic imine (C=N–C) groups is 2. The summed E-state index contributed by atoms with van der Waals surface area (Å²) in [6, 6.07) is 2.17. The topological polar surface area (TPSA) is 85.2 Å². The van der Waals surface area contributed by atoms with Gasteiger partial charge in [-0.05, 0) is 60.6 Å². The van der Waals surface area contributed by atoms with Crippen LogP contribution < -0.4 is 10.2 Å². The van der Waals surface area contributed by atoms with Crippen LogP contribution >= 0.6 is 15.9 Å². The molecule has 1 N–H and O–H groups in total. The van der Waals surface area contributed by atoms with E-state index in [-0.39, 0.29) is 17.7 Å². The van der Waals surface area contributed by atoms with Crippen molar-refractivity contribution in [2.45, 2.75) is 45.4 Å². The van der Waals surface area contributed by atoms with Crippen LogP contribution in [0, 0.1) is 23.7 Å².